The molecule has 0 fully saturated rings. The number of ketones is 1. The first kappa shape index (κ1) is 21.8. The van der Waals surface area contributed by atoms with Crippen LogP contribution in [0.1, 0.15) is 51.2 Å². The van der Waals surface area contributed by atoms with Crippen molar-refractivity contribution in [2.75, 3.05) is 7.11 Å². The van der Waals surface area contributed by atoms with Crippen LogP contribution < -0.4 is 5.32 Å². The zero-order chi connectivity index (χ0) is 22.2. The van der Waals surface area contributed by atoms with Gasteiger partial charge in [-0.15, -0.1) is 0 Å². The van der Waals surface area contributed by atoms with Gasteiger partial charge in [-0.2, -0.15) is 0 Å². The highest BCUT2D eigenvalue weighted by atomic mass is 16.5. The predicted octanol–water partition coefficient (Wildman–Crippen LogP) is 3.56. The summed E-state index contributed by atoms with van der Waals surface area (Å²) >= 11 is 0. The molecule has 1 aromatic carbocycles. The summed E-state index contributed by atoms with van der Waals surface area (Å²) < 4.78 is 10.4. The molecule has 0 unspecified atom stereocenters. The number of Topliss-reactive ketones (excluding diaryl/α,β-unsaturated/α-hetero) is 1. The van der Waals surface area contributed by atoms with Gasteiger partial charge in [-0.25, -0.2) is 4.79 Å². The number of rotatable bonds is 4. The van der Waals surface area contributed by atoms with E-state index in [-0.39, 0.29) is 17.8 Å². The minimum Gasteiger partial charge on any atom is -0.468 e. The average Bonchev–Trinajstić information content (AvgIpc) is 2.66. The van der Waals surface area contributed by atoms with E-state index < -0.39 is 23.8 Å². The first-order valence-electron chi connectivity index (χ1n) is 10.3. The van der Waals surface area contributed by atoms with Gasteiger partial charge in [-0.3, -0.25) is 9.59 Å². The molecule has 0 saturated carbocycles. The molecule has 160 valence electrons. The molecule has 0 bridgehead atoms. The van der Waals surface area contributed by atoms with Crippen LogP contribution in [0.25, 0.3) is 0 Å². The molecule has 0 saturated heterocycles. The lowest BCUT2D eigenvalue weighted by Crippen LogP contribution is -2.43. The van der Waals surface area contributed by atoms with Crippen LogP contribution in [0.5, 0.6) is 0 Å². The number of esters is 2. The quantitative estimate of drug-likeness (QED) is 0.603. The van der Waals surface area contributed by atoms with Gasteiger partial charge >= 0.3 is 11.9 Å². The molecule has 0 amide bonds. The van der Waals surface area contributed by atoms with Gasteiger partial charge in [-0.1, -0.05) is 31.2 Å². The Bertz CT molecular complexity index is 956. The Morgan fingerprint density at radius 1 is 1.17 bits per heavy atom. The van der Waals surface area contributed by atoms with E-state index in [1.54, 1.807) is 13.8 Å². The summed E-state index contributed by atoms with van der Waals surface area (Å²) in [6.07, 6.45) is 0.225. The standard InChI is InChI=1S/C24H29NO5/c1-12(2)30-24(28)19-15(5)25-17-11-14(4)18(23(27)29-6)22(26)21(17)20(19)16-10-8-7-9-13(16)3/h7-10,12,14,18,20,25H,11H2,1-6H3/t14-,18-,20-/m0/s1. The maximum atomic E-state index is 13.6. The van der Waals surface area contributed by atoms with Crippen molar-refractivity contribution in [2.24, 2.45) is 11.8 Å². The van der Waals surface area contributed by atoms with Crippen molar-refractivity contribution in [1.29, 1.82) is 0 Å². The van der Waals surface area contributed by atoms with Gasteiger partial charge < -0.3 is 14.8 Å². The molecule has 0 aromatic heterocycles. The van der Waals surface area contributed by atoms with Crippen molar-refractivity contribution in [1.82, 2.24) is 5.32 Å². The minimum absolute atomic E-state index is 0.203. The molecule has 1 aliphatic carbocycles. The zero-order valence-electron chi connectivity index (χ0n) is 18.4. The number of hydrogen-bond acceptors (Lipinski definition) is 6. The Morgan fingerprint density at radius 3 is 2.43 bits per heavy atom. The highest BCUT2D eigenvalue weighted by Gasteiger charge is 2.47. The third-order valence-corrected chi connectivity index (χ3v) is 5.81. The first-order valence-corrected chi connectivity index (χ1v) is 10.3. The molecule has 1 aromatic rings. The van der Waals surface area contributed by atoms with Gasteiger partial charge in [0.15, 0.2) is 5.78 Å². The summed E-state index contributed by atoms with van der Waals surface area (Å²) in [4.78, 5) is 39.1. The summed E-state index contributed by atoms with van der Waals surface area (Å²) in [5.41, 5.74) is 4.11. The molecule has 3 rings (SSSR count). The number of ether oxygens (including phenoxy) is 2. The SMILES string of the molecule is COC(=O)[C@@H]1C(=O)C2=C(C[C@@H]1C)NC(C)=C(C(=O)OC(C)C)[C@@H]2c1ccccc1C. The minimum atomic E-state index is -0.886. The highest BCUT2D eigenvalue weighted by Crippen LogP contribution is 2.46. The number of nitrogens with one attached hydrogen (secondary N) is 1. The van der Waals surface area contributed by atoms with E-state index in [0.29, 0.717) is 23.3 Å². The van der Waals surface area contributed by atoms with E-state index in [1.165, 1.54) is 7.11 Å². The lowest BCUT2D eigenvalue weighted by Gasteiger charge is -2.38. The number of benzene rings is 1. The van der Waals surface area contributed by atoms with Gasteiger partial charge in [0, 0.05) is 22.9 Å². The van der Waals surface area contributed by atoms with E-state index in [1.807, 2.05) is 45.0 Å². The van der Waals surface area contributed by atoms with Crippen LogP contribution in [0.15, 0.2) is 46.8 Å². The summed E-state index contributed by atoms with van der Waals surface area (Å²) in [6, 6.07) is 7.68. The Balaban J connectivity index is 2.21. The summed E-state index contributed by atoms with van der Waals surface area (Å²) in [5.74, 6) is -2.98. The largest absolute Gasteiger partial charge is 0.468 e. The van der Waals surface area contributed by atoms with Crippen molar-refractivity contribution in [3.05, 3.63) is 57.9 Å². The summed E-state index contributed by atoms with van der Waals surface area (Å²) in [5, 5.41) is 3.27. The van der Waals surface area contributed by atoms with E-state index in [2.05, 4.69) is 5.32 Å². The molecule has 0 spiro atoms. The first-order chi connectivity index (χ1) is 14.2. The normalized spacial score (nSPS) is 23.8. The third kappa shape index (κ3) is 3.78. The molecule has 0 radical (unpaired) electrons. The number of methoxy groups -OCH3 is 1. The van der Waals surface area contributed by atoms with Crippen LogP contribution in [0.3, 0.4) is 0 Å². The zero-order valence-corrected chi connectivity index (χ0v) is 18.4. The maximum Gasteiger partial charge on any atom is 0.337 e. The van der Waals surface area contributed by atoms with E-state index in [9.17, 15) is 14.4 Å². The van der Waals surface area contributed by atoms with Gasteiger partial charge in [0.2, 0.25) is 0 Å². The van der Waals surface area contributed by atoms with Crippen LogP contribution in [-0.2, 0) is 23.9 Å². The number of aryl methyl sites for hydroxylation is 1. The van der Waals surface area contributed by atoms with Crippen LogP contribution in [0.2, 0.25) is 0 Å². The van der Waals surface area contributed by atoms with Crippen LogP contribution in [0.4, 0.5) is 0 Å². The fourth-order valence-corrected chi connectivity index (χ4v) is 4.45. The summed E-state index contributed by atoms with van der Waals surface area (Å²) in [6.45, 7) is 9.23. The monoisotopic (exact) mass is 411 g/mol. The lowest BCUT2D eigenvalue weighted by molar-refractivity contribution is -0.151. The Labute approximate surface area is 177 Å². The lowest BCUT2D eigenvalue weighted by atomic mass is 9.68. The number of dihydropyridines is 1. The third-order valence-electron chi connectivity index (χ3n) is 5.81. The topological polar surface area (TPSA) is 81.7 Å². The van der Waals surface area contributed by atoms with E-state index in [4.69, 9.17) is 9.47 Å². The molecule has 6 nitrogen and oxygen atoms in total. The predicted molar refractivity (Wildman–Crippen MR) is 112 cm³/mol. The molecule has 1 heterocycles. The van der Waals surface area contributed by atoms with E-state index in [0.717, 1.165) is 16.8 Å². The number of allylic oxidation sites excluding steroid dienone is 3. The van der Waals surface area contributed by atoms with Crippen molar-refractivity contribution in [3.8, 4) is 0 Å². The smallest absolute Gasteiger partial charge is 0.337 e. The second kappa shape index (κ2) is 8.46. The number of hydrogen-bond donors (Lipinski definition) is 1. The molecule has 1 N–H and O–H groups in total. The molecular formula is C24H29NO5. The second-order valence-electron chi connectivity index (χ2n) is 8.35. The van der Waals surface area contributed by atoms with Crippen molar-refractivity contribution < 1.29 is 23.9 Å². The number of carbonyl (C=O) groups excluding carboxylic acids is 3. The van der Waals surface area contributed by atoms with Crippen LogP contribution in [0, 0.1) is 18.8 Å². The fourth-order valence-electron chi connectivity index (χ4n) is 4.45. The van der Waals surface area contributed by atoms with Crippen LogP contribution in [-0.4, -0.2) is 30.9 Å². The second-order valence-corrected chi connectivity index (χ2v) is 8.35. The Kier molecular flexibility index (Phi) is 6.15. The van der Waals surface area contributed by atoms with Gasteiger partial charge in [0.25, 0.3) is 0 Å². The number of carbonyl (C=O) groups is 3. The Hall–Kier alpha value is -2.89. The average molecular weight is 411 g/mol. The maximum absolute atomic E-state index is 13.6. The van der Waals surface area contributed by atoms with Crippen molar-refractivity contribution in [3.63, 3.8) is 0 Å². The van der Waals surface area contributed by atoms with E-state index >= 15 is 0 Å². The Morgan fingerprint density at radius 2 is 1.83 bits per heavy atom. The van der Waals surface area contributed by atoms with Crippen molar-refractivity contribution in [2.45, 2.75) is 53.1 Å². The molecular weight excluding hydrogens is 382 g/mol. The van der Waals surface area contributed by atoms with Gasteiger partial charge in [0.05, 0.1) is 18.8 Å². The van der Waals surface area contributed by atoms with Crippen LogP contribution >= 0.6 is 0 Å². The fraction of sp³-hybridized carbons (Fsp3) is 0.458. The van der Waals surface area contributed by atoms with Gasteiger partial charge in [0.1, 0.15) is 5.92 Å². The summed E-state index contributed by atoms with van der Waals surface area (Å²) in [7, 11) is 1.29. The van der Waals surface area contributed by atoms with Crippen molar-refractivity contribution >= 4 is 17.7 Å². The highest BCUT2D eigenvalue weighted by molar-refractivity contribution is 6.12. The molecule has 6 heteroatoms. The molecule has 2 aliphatic rings. The molecule has 1 aliphatic heterocycles. The molecule has 30 heavy (non-hydrogen) atoms. The van der Waals surface area contributed by atoms with Gasteiger partial charge in [-0.05, 0) is 51.2 Å². The molecule has 3 atom stereocenters.